The number of nitrogens with zero attached hydrogens (tertiary/aromatic N) is 4. The first kappa shape index (κ1) is 16.3. The Morgan fingerprint density at radius 2 is 2.10 bits per heavy atom. The van der Waals surface area contributed by atoms with E-state index in [1.807, 2.05) is 18.2 Å². The lowest BCUT2D eigenvalue weighted by Gasteiger charge is -2.14. The van der Waals surface area contributed by atoms with Crippen molar-refractivity contribution in [2.45, 2.75) is 50.1 Å². The van der Waals surface area contributed by atoms with Crippen LogP contribution in [0.1, 0.15) is 53.9 Å². The molecule has 2 fully saturated rings. The quantitative estimate of drug-likeness (QED) is 0.651. The number of carbonyl (C=O) groups excluding carboxylic acids is 1. The number of anilines is 2. The Labute approximate surface area is 183 Å². The lowest BCUT2D eigenvalue weighted by atomic mass is 10.2. The molecule has 3 heterocycles. The van der Waals surface area contributed by atoms with Crippen LogP contribution in [0.5, 0.6) is 0 Å². The maximum Gasteiger partial charge on any atom is 0.407 e. The van der Waals surface area contributed by atoms with Gasteiger partial charge in [-0.3, -0.25) is 9.13 Å². The van der Waals surface area contributed by atoms with Crippen LogP contribution in [0.3, 0.4) is 0 Å². The van der Waals surface area contributed by atoms with Gasteiger partial charge in [0, 0.05) is 40.8 Å². The fourth-order valence-corrected chi connectivity index (χ4v) is 4.35. The van der Waals surface area contributed by atoms with Crippen LogP contribution in [0.25, 0.3) is 11.0 Å². The molecule has 162 valence electrons. The van der Waals surface area contributed by atoms with E-state index in [-0.39, 0.29) is 17.6 Å². The van der Waals surface area contributed by atoms with Crippen molar-refractivity contribution < 1.29 is 13.6 Å². The van der Waals surface area contributed by atoms with Crippen molar-refractivity contribution in [3.63, 3.8) is 0 Å². The molecule has 5 rings (SSSR count). The summed E-state index contributed by atoms with van der Waals surface area (Å²) in [4.78, 5) is 33.9. The second kappa shape index (κ2) is 7.72. The van der Waals surface area contributed by atoms with Gasteiger partial charge in [0.05, 0.1) is 24.3 Å². The van der Waals surface area contributed by atoms with Gasteiger partial charge >= 0.3 is 11.8 Å². The highest BCUT2D eigenvalue weighted by Gasteiger charge is 2.30. The molecule has 3 aromatic heterocycles. The summed E-state index contributed by atoms with van der Waals surface area (Å²) in [5.41, 5.74) is 1.12. The van der Waals surface area contributed by atoms with E-state index in [2.05, 4.69) is 25.3 Å². The molecular weight excluding hydrogens is 396 g/mol. The number of alkyl carbamates (subject to hydrolysis) is 1. The summed E-state index contributed by atoms with van der Waals surface area (Å²) in [5.74, 6) is 1.61. The Kier molecular flexibility index (Phi) is 4.07. The predicted octanol–water partition coefficient (Wildman–Crippen LogP) is 3.20. The molecule has 9 heteroatoms. The summed E-state index contributed by atoms with van der Waals surface area (Å²) < 4.78 is 30.7. The number of hydrogen-bond acceptors (Lipinski definition) is 6. The molecule has 9 nitrogen and oxygen atoms in total. The maximum atomic E-state index is 13.3. The Balaban J connectivity index is 1.52. The fraction of sp³-hybridized carbons (Fsp3) is 0.455. The van der Waals surface area contributed by atoms with E-state index in [1.54, 1.807) is 6.07 Å². The summed E-state index contributed by atoms with van der Waals surface area (Å²) in [7, 11) is 1.30. The summed E-state index contributed by atoms with van der Waals surface area (Å²) >= 11 is 0. The molecule has 31 heavy (non-hydrogen) atoms. The molecule has 2 aliphatic carbocycles. The van der Waals surface area contributed by atoms with E-state index in [0.717, 1.165) is 23.1 Å². The molecule has 1 amide bonds. The van der Waals surface area contributed by atoms with E-state index < -0.39 is 18.8 Å². The number of fused-ring (bicyclic) bond motifs is 1. The molecule has 0 radical (unpaired) electrons. The average Bonchev–Trinajstić information content (AvgIpc) is 3.47. The Hall–Kier alpha value is -3.36. The third kappa shape index (κ3) is 3.75. The van der Waals surface area contributed by atoms with Crippen LogP contribution in [-0.2, 0) is 11.7 Å². The van der Waals surface area contributed by atoms with Crippen LogP contribution in [-0.4, -0.2) is 38.3 Å². The Morgan fingerprint density at radius 1 is 1.23 bits per heavy atom. The third-order valence-corrected chi connectivity index (χ3v) is 6.06. The molecular formula is C22H26N6O3. The maximum absolute atomic E-state index is 13.3. The number of rotatable bonds is 5. The van der Waals surface area contributed by atoms with Gasteiger partial charge < -0.3 is 15.4 Å². The van der Waals surface area contributed by atoms with Crippen LogP contribution in [0.2, 0.25) is 0 Å². The Bertz CT molecular complexity index is 1300. The molecule has 0 saturated heterocycles. The molecule has 3 aromatic rings. The van der Waals surface area contributed by atoms with Crippen molar-refractivity contribution in [2.75, 3.05) is 12.4 Å². The van der Waals surface area contributed by atoms with Gasteiger partial charge in [0.1, 0.15) is 11.6 Å². The number of imidazole rings is 1. The van der Waals surface area contributed by atoms with Gasteiger partial charge in [-0.25, -0.2) is 19.6 Å². The Morgan fingerprint density at radius 3 is 2.87 bits per heavy atom. The van der Waals surface area contributed by atoms with Crippen LogP contribution >= 0.6 is 0 Å². The average molecular weight is 426 g/mol. The van der Waals surface area contributed by atoms with Gasteiger partial charge in [0.15, 0.2) is 0 Å². The second-order valence-electron chi connectivity index (χ2n) is 8.19. The molecule has 2 N–H and O–H groups in total. The normalized spacial score (nSPS) is 22.5. The minimum atomic E-state index is -2.65. The van der Waals surface area contributed by atoms with Crippen molar-refractivity contribution in [3.8, 4) is 0 Å². The molecule has 2 saturated carbocycles. The number of nitrogens with one attached hydrogen (secondary N) is 2. The highest BCUT2D eigenvalue weighted by Crippen LogP contribution is 2.39. The number of hydrogen-bond donors (Lipinski definition) is 2. The topological polar surface area (TPSA) is 103 Å². The largest absolute Gasteiger partial charge is 0.453 e. The van der Waals surface area contributed by atoms with E-state index in [4.69, 9.17) is 4.11 Å². The van der Waals surface area contributed by atoms with Gasteiger partial charge in [0.2, 0.25) is 0 Å². The number of pyridine rings is 2. The number of methoxy groups -OCH3 is 1. The predicted molar refractivity (Wildman–Crippen MR) is 117 cm³/mol. The van der Waals surface area contributed by atoms with Gasteiger partial charge in [-0.1, -0.05) is 6.07 Å². The van der Waals surface area contributed by atoms with Crippen molar-refractivity contribution >= 4 is 28.8 Å². The zero-order valence-electron chi connectivity index (χ0n) is 20.2. The smallest absolute Gasteiger partial charge is 0.407 e. The lowest BCUT2D eigenvalue weighted by Crippen LogP contribution is -2.33. The number of amides is 1. The summed E-state index contributed by atoms with van der Waals surface area (Å²) in [6.07, 6.45) is 4.92. The van der Waals surface area contributed by atoms with E-state index in [9.17, 15) is 9.59 Å². The molecule has 0 bridgehead atoms. The van der Waals surface area contributed by atoms with Gasteiger partial charge in [0.25, 0.3) is 0 Å². The summed E-state index contributed by atoms with van der Waals surface area (Å²) in [6.45, 7) is -2.65. The highest BCUT2D eigenvalue weighted by atomic mass is 16.5. The first-order chi connectivity index (χ1) is 16.2. The monoisotopic (exact) mass is 425 g/mol. The van der Waals surface area contributed by atoms with Crippen LogP contribution in [0.4, 0.5) is 16.4 Å². The number of aromatic nitrogens is 4. The highest BCUT2D eigenvalue weighted by molar-refractivity contribution is 5.79. The van der Waals surface area contributed by atoms with Crippen molar-refractivity contribution in [3.05, 3.63) is 46.6 Å². The third-order valence-electron chi connectivity index (χ3n) is 6.06. The zero-order chi connectivity index (χ0) is 24.0. The lowest BCUT2D eigenvalue weighted by molar-refractivity contribution is 0.166. The van der Waals surface area contributed by atoms with Gasteiger partial charge in [-0.2, -0.15) is 0 Å². The van der Waals surface area contributed by atoms with Gasteiger partial charge in [-0.05, 0) is 44.2 Å². The number of carbonyl (C=O) groups is 1. The van der Waals surface area contributed by atoms with Gasteiger partial charge in [-0.15, -0.1) is 0 Å². The first-order valence-electron chi connectivity index (χ1n) is 12.0. The van der Waals surface area contributed by atoms with E-state index >= 15 is 0 Å². The minimum absolute atomic E-state index is 0.163. The van der Waals surface area contributed by atoms with E-state index in [0.29, 0.717) is 42.3 Å². The van der Waals surface area contributed by atoms with E-state index in [1.165, 1.54) is 17.9 Å². The summed E-state index contributed by atoms with van der Waals surface area (Å²) in [5, 5.41) is 5.95. The molecule has 0 unspecified atom stereocenters. The number of aryl methyl sites for hydroxylation is 1. The van der Waals surface area contributed by atoms with Crippen LogP contribution in [0, 0.1) is 0 Å². The number of ether oxygens (including phenoxy) is 1. The van der Waals surface area contributed by atoms with Crippen molar-refractivity contribution in [1.29, 1.82) is 0 Å². The molecule has 2 atom stereocenters. The molecule has 0 aromatic carbocycles. The van der Waals surface area contributed by atoms with Crippen molar-refractivity contribution in [1.82, 2.24) is 24.4 Å². The fourth-order valence-electron chi connectivity index (χ4n) is 4.35. The minimum Gasteiger partial charge on any atom is -0.453 e. The van der Waals surface area contributed by atoms with Crippen LogP contribution in [0.15, 0.2) is 35.3 Å². The standard InChI is InChI=1S/C22H26N6O3/c1-27-18-12-23-20(26-19-5-3-4-16(25-19)13-6-7-13)11-17(18)28(22(27)30)15-9-8-14(10-15)24-21(29)31-2/h3-5,11-15H,6-10H2,1-2H3,(H,24,29)(H,23,25,26)/t14-,15-/m1/s1/i1D3. The second-order valence-corrected chi connectivity index (χ2v) is 8.19. The molecule has 0 spiro atoms. The molecule has 0 aliphatic heterocycles. The van der Waals surface area contributed by atoms with Crippen molar-refractivity contribution in [2.24, 2.45) is 6.98 Å². The zero-order valence-corrected chi connectivity index (χ0v) is 17.2. The summed E-state index contributed by atoms with van der Waals surface area (Å²) in [6, 6.07) is 7.04. The SMILES string of the molecule is [2H]C([2H])([2H])n1c(=O)n([C@@H]2CC[C@@H](NC(=O)OC)C2)c2cc(Nc3cccc(C4CC4)n3)ncc21. The molecule has 2 aliphatic rings. The first-order valence-corrected chi connectivity index (χ1v) is 10.5. The van der Waals surface area contributed by atoms with Crippen LogP contribution < -0.4 is 16.3 Å².